The van der Waals surface area contributed by atoms with Crippen molar-refractivity contribution in [1.29, 1.82) is 0 Å². The van der Waals surface area contributed by atoms with E-state index in [1.165, 1.54) is 29.2 Å². The third-order valence-electron chi connectivity index (χ3n) is 3.56. The monoisotopic (exact) mass is 333 g/mol. The number of amides is 1. The Kier molecular flexibility index (Phi) is 5.00. The maximum atomic E-state index is 12.5. The molecule has 1 aliphatic heterocycles. The summed E-state index contributed by atoms with van der Waals surface area (Å²) in [6, 6.07) is 5.14. The molecular weight excluding hydrogens is 316 g/mol. The maximum absolute atomic E-state index is 12.5. The second kappa shape index (κ2) is 6.60. The number of alkyl halides is 2. The highest BCUT2D eigenvalue weighted by molar-refractivity contribution is 7.91. The number of hydrogen-bond acceptors (Lipinski definition) is 4. The van der Waals surface area contributed by atoms with E-state index in [9.17, 15) is 22.0 Å². The third kappa shape index (κ3) is 3.94. The van der Waals surface area contributed by atoms with Crippen molar-refractivity contribution in [1.82, 2.24) is 4.90 Å². The Morgan fingerprint density at radius 3 is 2.73 bits per heavy atom. The third-order valence-corrected chi connectivity index (χ3v) is 5.31. The number of carbonyl (C=O) groups excluding carboxylic acids is 1. The van der Waals surface area contributed by atoms with Crippen molar-refractivity contribution in [3.63, 3.8) is 0 Å². The zero-order valence-corrected chi connectivity index (χ0v) is 12.9. The van der Waals surface area contributed by atoms with Gasteiger partial charge in [-0.1, -0.05) is 6.07 Å². The number of nitrogens with zero attached hydrogens (tertiary/aromatic N) is 1. The van der Waals surface area contributed by atoms with Crippen molar-refractivity contribution < 1.29 is 26.7 Å². The van der Waals surface area contributed by atoms with Gasteiger partial charge in [0.2, 0.25) is 0 Å². The van der Waals surface area contributed by atoms with E-state index in [4.69, 9.17) is 0 Å². The fourth-order valence-electron chi connectivity index (χ4n) is 2.56. The van der Waals surface area contributed by atoms with Gasteiger partial charge in [-0.15, -0.1) is 0 Å². The summed E-state index contributed by atoms with van der Waals surface area (Å²) in [7, 11) is -3.11. The standard InChI is InChI=1S/C14H17F2NO4S/c1-2-17(11-6-7-22(19,20)9-11)13(18)10-4-3-5-12(8-10)21-14(15)16/h3-5,8,11,14H,2,6-7,9H2,1H3. The van der Waals surface area contributed by atoms with Crippen LogP contribution in [0.4, 0.5) is 8.78 Å². The zero-order chi connectivity index (χ0) is 16.3. The van der Waals surface area contributed by atoms with Crippen molar-refractivity contribution in [2.45, 2.75) is 26.0 Å². The van der Waals surface area contributed by atoms with Gasteiger partial charge in [0.15, 0.2) is 9.84 Å². The summed E-state index contributed by atoms with van der Waals surface area (Å²) in [6.07, 6.45) is 0.398. The summed E-state index contributed by atoms with van der Waals surface area (Å²) in [5, 5.41) is 0. The van der Waals surface area contributed by atoms with Gasteiger partial charge in [0.05, 0.1) is 11.5 Å². The Labute approximate surface area is 127 Å². The minimum absolute atomic E-state index is 0.0557. The summed E-state index contributed by atoms with van der Waals surface area (Å²) in [4.78, 5) is 14.0. The summed E-state index contributed by atoms with van der Waals surface area (Å²) < 4.78 is 51.8. The molecule has 1 saturated heterocycles. The van der Waals surface area contributed by atoms with Crippen LogP contribution in [0.1, 0.15) is 23.7 Å². The van der Waals surface area contributed by atoms with E-state index in [0.29, 0.717) is 13.0 Å². The first-order valence-electron chi connectivity index (χ1n) is 6.88. The topological polar surface area (TPSA) is 63.7 Å². The van der Waals surface area contributed by atoms with E-state index in [2.05, 4.69) is 4.74 Å². The average Bonchev–Trinajstić information content (AvgIpc) is 2.79. The molecule has 5 nitrogen and oxygen atoms in total. The van der Waals surface area contributed by atoms with Crippen LogP contribution in [0.2, 0.25) is 0 Å². The van der Waals surface area contributed by atoms with Crippen LogP contribution >= 0.6 is 0 Å². The molecule has 0 aliphatic carbocycles. The Morgan fingerprint density at radius 2 is 2.18 bits per heavy atom. The average molecular weight is 333 g/mol. The van der Waals surface area contributed by atoms with Gasteiger partial charge in [0, 0.05) is 18.2 Å². The summed E-state index contributed by atoms with van der Waals surface area (Å²) >= 11 is 0. The number of ether oxygens (including phenoxy) is 1. The molecule has 1 atom stereocenters. The molecular formula is C14H17F2NO4S. The van der Waals surface area contributed by atoms with E-state index in [0.717, 1.165) is 0 Å². The van der Waals surface area contributed by atoms with Crippen molar-refractivity contribution in [2.75, 3.05) is 18.1 Å². The van der Waals surface area contributed by atoms with Gasteiger partial charge in [0.25, 0.3) is 5.91 Å². The minimum Gasteiger partial charge on any atom is -0.435 e. The lowest BCUT2D eigenvalue weighted by Gasteiger charge is -2.27. The molecule has 0 aromatic heterocycles. The number of benzene rings is 1. The van der Waals surface area contributed by atoms with E-state index in [1.54, 1.807) is 6.92 Å². The predicted molar refractivity (Wildman–Crippen MR) is 76.8 cm³/mol. The molecule has 0 bridgehead atoms. The van der Waals surface area contributed by atoms with Crippen LogP contribution in [0, 0.1) is 0 Å². The molecule has 122 valence electrons. The maximum Gasteiger partial charge on any atom is 0.387 e. The van der Waals surface area contributed by atoms with Crippen molar-refractivity contribution in [3.8, 4) is 5.75 Å². The molecule has 0 saturated carbocycles. The van der Waals surface area contributed by atoms with E-state index < -0.39 is 16.4 Å². The van der Waals surface area contributed by atoms with Gasteiger partial charge in [-0.25, -0.2) is 8.42 Å². The summed E-state index contributed by atoms with van der Waals surface area (Å²) in [5.74, 6) is -0.476. The predicted octanol–water partition coefficient (Wildman–Crippen LogP) is 1.94. The van der Waals surface area contributed by atoms with Gasteiger partial charge < -0.3 is 9.64 Å². The van der Waals surface area contributed by atoms with Crippen molar-refractivity contribution >= 4 is 15.7 Å². The van der Waals surface area contributed by atoms with Crippen molar-refractivity contribution in [2.24, 2.45) is 0 Å². The zero-order valence-electron chi connectivity index (χ0n) is 12.0. The van der Waals surface area contributed by atoms with Crippen LogP contribution in [0.3, 0.4) is 0 Å². The second-order valence-corrected chi connectivity index (χ2v) is 7.28. The van der Waals surface area contributed by atoms with E-state index in [1.807, 2.05) is 0 Å². The van der Waals surface area contributed by atoms with Crippen LogP contribution in [-0.4, -0.2) is 49.9 Å². The molecule has 0 N–H and O–H groups in total. The fourth-order valence-corrected chi connectivity index (χ4v) is 4.29. The Balaban J connectivity index is 2.18. The molecule has 1 aromatic carbocycles. The molecule has 0 spiro atoms. The fraction of sp³-hybridized carbons (Fsp3) is 0.500. The highest BCUT2D eigenvalue weighted by Gasteiger charge is 2.34. The Morgan fingerprint density at radius 1 is 1.45 bits per heavy atom. The minimum atomic E-state index is -3.11. The second-order valence-electron chi connectivity index (χ2n) is 5.05. The number of sulfone groups is 1. The smallest absolute Gasteiger partial charge is 0.387 e. The molecule has 2 rings (SSSR count). The first-order valence-corrected chi connectivity index (χ1v) is 8.71. The first kappa shape index (κ1) is 16.7. The summed E-state index contributed by atoms with van der Waals surface area (Å²) in [6.45, 7) is -0.867. The highest BCUT2D eigenvalue weighted by atomic mass is 32.2. The lowest BCUT2D eigenvalue weighted by molar-refractivity contribution is -0.0499. The summed E-state index contributed by atoms with van der Waals surface area (Å²) in [5.41, 5.74) is 0.198. The molecule has 1 fully saturated rings. The molecule has 1 aromatic rings. The van der Waals surface area contributed by atoms with Crippen LogP contribution in [0.5, 0.6) is 5.75 Å². The molecule has 22 heavy (non-hydrogen) atoms. The molecule has 8 heteroatoms. The van der Waals surface area contributed by atoms with Gasteiger partial charge in [-0.3, -0.25) is 4.79 Å². The number of hydrogen-bond donors (Lipinski definition) is 0. The number of halogens is 2. The van der Waals surface area contributed by atoms with Crippen molar-refractivity contribution in [3.05, 3.63) is 29.8 Å². The molecule has 0 radical (unpaired) electrons. The number of carbonyl (C=O) groups is 1. The first-order chi connectivity index (χ1) is 10.3. The van der Waals surface area contributed by atoms with E-state index >= 15 is 0 Å². The van der Waals surface area contributed by atoms with Crippen LogP contribution < -0.4 is 4.74 Å². The van der Waals surface area contributed by atoms with Crippen LogP contribution in [-0.2, 0) is 9.84 Å². The Bertz CT molecular complexity index is 648. The van der Waals surface area contributed by atoms with Gasteiger partial charge in [0.1, 0.15) is 5.75 Å². The molecule has 1 aliphatic rings. The molecule has 1 heterocycles. The van der Waals surface area contributed by atoms with E-state index in [-0.39, 0.29) is 34.8 Å². The Hall–Kier alpha value is -1.70. The number of rotatable bonds is 5. The van der Waals surface area contributed by atoms with Crippen LogP contribution in [0.25, 0.3) is 0 Å². The molecule has 1 unspecified atom stereocenters. The van der Waals surface area contributed by atoms with Gasteiger partial charge in [-0.05, 0) is 31.5 Å². The largest absolute Gasteiger partial charge is 0.435 e. The normalized spacial score (nSPS) is 20.1. The molecule has 1 amide bonds. The van der Waals surface area contributed by atoms with Crippen LogP contribution in [0.15, 0.2) is 24.3 Å². The quantitative estimate of drug-likeness (QED) is 0.826. The van der Waals surface area contributed by atoms with Gasteiger partial charge >= 0.3 is 6.61 Å². The lowest BCUT2D eigenvalue weighted by atomic mass is 10.1. The SMILES string of the molecule is CCN(C(=O)c1cccc(OC(F)F)c1)C1CCS(=O)(=O)C1. The highest BCUT2D eigenvalue weighted by Crippen LogP contribution is 2.22. The van der Waals surface area contributed by atoms with Gasteiger partial charge in [-0.2, -0.15) is 8.78 Å². The lowest BCUT2D eigenvalue weighted by Crippen LogP contribution is -2.40.